The average molecular weight is 746 g/mol. The zero-order chi connectivity index (χ0) is 37.4. The molecule has 3 fully saturated rings. The summed E-state index contributed by atoms with van der Waals surface area (Å²) in [7, 11) is -3.91. The lowest BCUT2D eigenvalue weighted by molar-refractivity contribution is -0.142. The van der Waals surface area contributed by atoms with Gasteiger partial charge in [-0.3, -0.25) is 24.0 Å². The van der Waals surface area contributed by atoms with Gasteiger partial charge in [-0.2, -0.15) is 0 Å². The molecule has 0 aromatic heterocycles. The molecular formula is C36H48FN5O9S. The molecule has 16 heteroatoms. The molecule has 2 saturated carbocycles. The molecule has 52 heavy (non-hydrogen) atoms. The molecule has 284 valence electrons. The molecule has 2 aliphatic carbocycles. The summed E-state index contributed by atoms with van der Waals surface area (Å²) >= 11 is 0. The molecule has 1 aromatic rings. The third kappa shape index (κ3) is 8.53. The molecule has 1 aromatic carbocycles. The first kappa shape index (κ1) is 37.5. The van der Waals surface area contributed by atoms with E-state index in [1.807, 2.05) is 12.2 Å². The van der Waals surface area contributed by atoms with Crippen molar-refractivity contribution in [1.29, 1.82) is 0 Å². The van der Waals surface area contributed by atoms with Crippen LogP contribution < -0.4 is 15.4 Å². The molecule has 14 nitrogen and oxygen atoms in total. The number of amides is 5. The molecule has 5 amide bonds. The van der Waals surface area contributed by atoms with Crippen LogP contribution in [0.15, 0.2) is 30.4 Å². The molecule has 6 rings (SSSR count). The van der Waals surface area contributed by atoms with E-state index in [0.717, 1.165) is 12.8 Å². The van der Waals surface area contributed by atoms with Gasteiger partial charge in [0.15, 0.2) is 0 Å². The first-order valence-corrected chi connectivity index (χ1v) is 19.6. The third-order valence-electron chi connectivity index (χ3n) is 10.3. The lowest BCUT2D eigenvalue weighted by atomic mass is 9.98. The predicted molar refractivity (Wildman–Crippen MR) is 185 cm³/mol. The summed E-state index contributed by atoms with van der Waals surface area (Å²) in [4.78, 5) is 70.7. The van der Waals surface area contributed by atoms with Gasteiger partial charge in [-0.15, -0.1) is 0 Å². The van der Waals surface area contributed by atoms with Gasteiger partial charge in [-0.1, -0.05) is 37.1 Å². The van der Waals surface area contributed by atoms with Crippen molar-refractivity contribution in [3.8, 4) is 0 Å². The van der Waals surface area contributed by atoms with Crippen LogP contribution in [0, 0.1) is 17.7 Å². The number of rotatable bonds is 6. The van der Waals surface area contributed by atoms with Gasteiger partial charge in [0, 0.05) is 31.0 Å². The Kier molecular flexibility index (Phi) is 10.6. The highest BCUT2D eigenvalue weighted by Gasteiger charge is 2.62. The van der Waals surface area contributed by atoms with E-state index < -0.39 is 86.1 Å². The molecule has 5 atom stereocenters. The number of carbonyl (C=O) groups is 5. The third-order valence-corrected chi connectivity index (χ3v) is 12.1. The van der Waals surface area contributed by atoms with Crippen LogP contribution in [-0.2, 0) is 47.0 Å². The lowest BCUT2D eigenvalue weighted by Crippen LogP contribution is -2.57. The van der Waals surface area contributed by atoms with Gasteiger partial charge in [0.05, 0.1) is 24.3 Å². The first-order chi connectivity index (χ1) is 24.6. The van der Waals surface area contributed by atoms with Crippen LogP contribution >= 0.6 is 0 Å². The molecular weight excluding hydrogens is 697 g/mol. The number of halogens is 1. The van der Waals surface area contributed by atoms with Gasteiger partial charge >= 0.3 is 12.2 Å². The predicted octanol–water partition coefficient (Wildman–Crippen LogP) is 3.39. The van der Waals surface area contributed by atoms with Crippen molar-refractivity contribution in [2.45, 2.75) is 120 Å². The van der Waals surface area contributed by atoms with Crippen LogP contribution in [0.3, 0.4) is 0 Å². The number of carbonyl (C=O) groups excluding carboxylic acids is 5. The fourth-order valence-electron chi connectivity index (χ4n) is 7.23. The second-order valence-electron chi connectivity index (χ2n) is 15.6. The minimum Gasteiger partial charge on any atom is -0.444 e. The Morgan fingerprint density at radius 1 is 1.08 bits per heavy atom. The zero-order valence-corrected chi connectivity index (χ0v) is 30.6. The quantitative estimate of drug-likeness (QED) is 0.368. The van der Waals surface area contributed by atoms with Crippen molar-refractivity contribution in [3.63, 3.8) is 0 Å². The van der Waals surface area contributed by atoms with E-state index in [4.69, 9.17) is 9.47 Å². The van der Waals surface area contributed by atoms with Gasteiger partial charge in [-0.25, -0.2) is 22.4 Å². The maximum absolute atomic E-state index is 14.4. The molecule has 3 heterocycles. The van der Waals surface area contributed by atoms with Gasteiger partial charge in [0.25, 0.3) is 5.91 Å². The topological polar surface area (TPSA) is 181 Å². The van der Waals surface area contributed by atoms with Crippen LogP contribution in [0.1, 0.15) is 89.7 Å². The summed E-state index contributed by atoms with van der Waals surface area (Å²) in [6.45, 7) is 5.12. The SMILES string of the molecule is CC(C)(C)OC(=O)NCC1CCCCCC=CC2CC2(C(=O)NS(=O)(=O)C2CC2)NC(=O)C2CC(OC(=O)N3Cc4cccc(F)c4C3)CN2C1=O. The second kappa shape index (κ2) is 14.7. The summed E-state index contributed by atoms with van der Waals surface area (Å²) in [5.74, 6) is -3.59. The molecule has 3 aliphatic heterocycles. The summed E-state index contributed by atoms with van der Waals surface area (Å²) in [5, 5.41) is 4.84. The van der Waals surface area contributed by atoms with Crippen molar-refractivity contribution in [1.82, 2.24) is 25.2 Å². The minimum atomic E-state index is -3.91. The van der Waals surface area contributed by atoms with Crippen molar-refractivity contribution in [2.24, 2.45) is 11.8 Å². The normalized spacial score (nSPS) is 28.0. The zero-order valence-electron chi connectivity index (χ0n) is 29.8. The van der Waals surface area contributed by atoms with Crippen molar-refractivity contribution >= 4 is 39.9 Å². The second-order valence-corrected chi connectivity index (χ2v) is 17.5. The number of fused-ring (bicyclic) bond motifs is 3. The fraction of sp³-hybridized carbons (Fsp3) is 0.639. The number of allylic oxidation sites excluding steroid dienone is 1. The first-order valence-electron chi connectivity index (χ1n) is 18.1. The van der Waals surface area contributed by atoms with Gasteiger partial charge < -0.3 is 25.0 Å². The maximum Gasteiger partial charge on any atom is 0.410 e. The van der Waals surface area contributed by atoms with E-state index in [-0.39, 0.29) is 39.0 Å². The molecule has 0 spiro atoms. The van der Waals surface area contributed by atoms with Gasteiger partial charge in [0.2, 0.25) is 21.8 Å². The Labute approximate surface area is 303 Å². The van der Waals surface area contributed by atoms with E-state index >= 15 is 0 Å². The number of ether oxygens (including phenoxy) is 2. The molecule has 0 bridgehead atoms. The summed E-state index contributed by atoms with van der Waals surface area (Å²) in [6.07, 6.45) is 5.71. The van der Waals surface area contributed by atoms with Crippen molar-refractivity contribution < 1.29 is 46.3 Å². The standard InChI is InChI=1S/C36H48FN5O9S/c1-35(2,3)51-33(46)38-18-22-10-7-5-4-6-8-12-24-17-36(24,32(45)40-52(48,49)26-14-15-26)39-30(43)29-16-25(20-42(29)31(22)44)50-34(47)41-19-23-11-9-13-28(37)27(23)21-41/h8-9,11-13,22,24-26,29H,4-7,10,14-21H2,1-3H3,(H,38,46)(H,39,43)(H,40,45). The number of nitrogens with zero attached hydrogens (tertiary/aromatic N) is 2. The molecule has 1 saturated heterocycles. The Balaban J connectivity index is 1.24. The van der Waals surface area contributed by atoms with Gasteiger partial charge in [0.1, 0.15) is 29.1 Å². The fourth-order valence-corrected chi connectivity index (χ4v) is 8.59. The highest BCUT2D eigenvalue weighted by atomic mass is 32.2. The molecule has 0 radical (unpaired) electrons. The van der Waals surface area contributed by atoms with E-state index in [1.165, 1.54) is 15.9 Å². The molecule has 3 N–H and O–H groups in total. The van der Waals surface area contributed by atoms with Crippen molar-refractivity contribution in [3.05, 3.63) is 47.3 Å². The Bertz CT molecular complexity index is 1740. The highest BCUT2D eigenvalue weighted by Crippen LogP contribution is 2.46. The van der Waals surface area contributed by atoms with Crippen LogP contribution in [0.25, 0.3) is 0 Å². The highest BCUT2D eigenvalue weighted by molar-refractivity contribution is 7.91. The number of nitrogens with one attached hydrogen (secondary N) is 3. The minimum absolute atomic E-state index is 0.00876. The monoisotopic (exact) mass is 745 g/mol. The number of hydrogen-bond donors (Lipinski definition) is 3. The maximum atomic E-state index is 14.4. The Hall–Kier alpha value is -4.21. The van der Waals surface area contributed by atoms with E-state index in [9.17, 15) is 36.8 Å². The molecule has 5 aliphatic rings. The van der Waals surface area contributed by atoms with E-state index in [0.29, 0.717) is 43.2 Å². The number of sulfonamides is 1. The smallest absolute Gasteiger partial charge is 0.410 e. The van der Waals surface area contributed by atoms with E-state index in [1.54, 1.807) is 32.9 Å². The van der Waals surface area contributed by atoms with Crippen LogP contribution in [0.5, 0.6) is 0 Å². The largest absolute Gasteiger partial charge is 0.444 e. The number of alkyl carbamates (subject to hydrolysis) is 1. The number of benzene rings is 1. The summed E-state index contributed by atoms with van der Waals surface area (Å²) in [5.41, 5.74) is -1.25. The Morgan fingerprint density at radius 3 is 2.56 bits per heavy atom. The van der Waals surface area contributed by atoms with E-state index in [2.05, 4.69) is 15.4 Å². The van der Waals surface area contributed by atoms with Crippen molar-refractivity contribution in [2.75, 3.05) is 13.1 Å². The summed E-state index contributed by atoms with van der Waals surface area (Å²) in [6, 6.07) is 3.44. The lowest BCUT2D eigenvalue weighted by Gasteiger charge is -2.30. The van der Waals surface area contributed by atoms with Gasteiger partial charge in [-0.05, 0) is 70.9 Å². The van der Waals surface area contributed by atoms with Crippen LogP contribution in [0.2, 0.25) is 0 Å². The number of hydrogen-bond acceptors (Lipinski definition) is 9. The average Bonchev–Trinajstić information content (AvgIpc) is 3.95. The van der Waals surface area contributed by atoms with Crippen LogP contribution in [-0.4, -0.2) is 89.8 Å². The summed E-state index contributed by atoms with van der Waals surface area (Å²) < 4.78 is 53.3. The molecule has 5 unspecified atom stereocenters. The Morgan fingerprint density at radius 2 is 1.85 bits per heavy atom. The van der Waals surface area contributed by atoms with Crippen LogP contribution in [0.4, 0.5) is 14.0 Å².